The maximum atomic E-state index is 12.9. The molecule has 0 bridgehead atoms. The molecule has 1 aromatic heterocycles. The molecule has 3 aromatic rings. The summed E-state index contributed by atoms with van der Waals surface area (Å²) < 4.78 is 12.9. The smallest absolute Gasteiger partial charge is 0.261 e. The lowest BCUT2D eigenvalue weighted by molar-refractivity contribution is 0.102. The zero-order valence-corrected chi connectivity index (χ0v) is 16.6. The molecule has 1 atom stereocenters. The molecule has 1 aliphatic heterocycles. The highest BCUT2D eigenvalue weighted by Gasteiger charge is 2.21. The van der Waals surface area contributed by atoms with E-state index in [9.17, 15) is 4.79 Å². The molecule has 1 aliphatic rings. The number of ether oxygens (including phenoxy) is 2. The molecule has 0 unspecified atom stereocenters. The van der Waals surface area contributed by atoms with E-state index in [1.54, 1.807) is 22.9 Å². The highest BCUT2D eigenvalue weighted by atomic mass is 35.5. The summed E-state index contributed by atoms with van der Waals surface area (Å²) in [6, 6.07) is 12.8. The third-order valence-electron chi connectivity index (χ3n) is 4.77. The maximum absolute atomic E-state index is 12.9. The summed E-state index contributed by atoms with van der Waals surface area (Å²) in [5.74, 6) is 0.376. The Kier molecular flexibility index (Phi) is 5.42. The van der Waals surface area contributed by atoms with E-state index in [1.165, 1.54) is 6.20 Å². The molecule has 1 saturated heterocycles. The van der Waals surface area contributed by atoms with Crippen LogP contribution in [-0.4, -0.2) is 35.0 Å². The number of aryl methyl sites for hydroxylation is 1. The first kappa shape index (κ1) is 19.3. The van der Waals surface area contributed by atoms with Crippen LogP contribution in [-0.2, 0) is 4.74 Å². The number of para-hydroxylation sites is 1. The molecule has 2 heterocycles. The van der Waals surface area contributed by atoms with Crippen LogP contribution in [0, 0.1) is 6.92 Å². The quantitative estimate of drug-likeness (QED) is 0.664. The predicted molar refractivity (Wildman–Crippen MR) is 112 cm³/mol. The number of benzene rings is 2. The molecule has 3 N–H and O–H groups in total. The average molecular weight is 413 g/mol. The molecular weight excluding hydrogens is 392 g/mol. The summed E-state index contributed by atoms with van der Waals surface area (Å²) in [5, 5.41) is 7.66. The van der Waals surface area contributed by atoms with Crippen molar-refractivity contribution in [3.8, 4) is 11.4 Å². The van der Waals surface area contributed by atoms with Crippen LogP contribution >= 0.6 is 11.6 Å². The number of carbonyl (C=O) groups excluding carboxylic acids is 1. The Bertz CT molecular complexity index is 1040. The Morgan fingerprint density at radius 3 is 2.93 bits per heavy atom. The lowest BCUT2D eigenvalue weighted by atomic mass is 10.2. The molecule has 29 heavy (non-hydrogen) atoms. The van der Waals surface area contributed by atoms with Crippen molar-refractivity contribution >= 4 is 29.0 Å². The van der Waals surface area contributed by atoms with Gasteiger partial charge < -0.3 is 20.5 Å². The minimum atomic E-state index is -0.378. The fraction of sp³-hybridized carbons (Fsp3) is 0.238. The summed E-state index contributed by atoms with van der Waals surface area (Å²) in [5.41, 5.74) is 8.83. The van der Waals surface area contributed by atoms with Gasteiger partial charge in [-0.3, -0.25) is 4.79 Å². The molecule has 2 aromatic carbocycles. The number of nitrogen functional groups attached to an aromatic ring is 1. The van der Waals surface area contributed by atoms with Gasteiger partial charge in [0, 0.05) is 17.5 Å². The molecule has 0 aliphatic carbocycles. The van der Waals surface area contributed by atoms with Crippen LogP contribution in [0.1, 0.15) is 22.3 Å². The second kappa shape index (κ2) is 8.14. The first-order chi connectivity index (χ1) is 14.0. The van der Waals surface area contributed by atoms with Crippen molar-refractivity contribution in [1.29, 1.82) is 0 Å². The Balaban J connectivity index is 1.58. The van der Waals surface area contributed by atoms with Gasteiger partial charge in [0.05, 0.1) is 30.8 Å². The molecule has 8 heteroatoms. The highest BCUT2D eigenvalue weighted by Crippen LogP contribution is 2.31. The fourth-order valence-electron chi connectivity index (χ4n) is 3.20. The van der Waals surface area contributed by atoms with E-state index >= 15 is 0 Å². The van der Waals surface area contributed by atoms with E-state index in [2.05, 4.69) is 10.4 Å². The van der Waals surface area contributed by atoms with Crippen LogP contribution in [0.4, 0.5) is 11.5 Å². The fourth-order valence-corrected chi connectivity index (χ4v) is 3.36. The normalized spacial score (nSPS) is 16.0. The number of nitrogens with zero attached hydrogens (tertiary/aromatic N) is 2. The second-order valence-corrected chi connectivity index (χ2v) is 7.28. The van der Waals surface area contributed by atoms with Crippen molar-refractivity contribution in [2.24, 2.45) is 0 Å². The Morgan fingerprint density at radius 2 is 2.17 bits per heavy atom. The third kappa shape index (κ3) is 4.06. The molecule has 4 rings (SSSR count). The Morgan fingerprint density at radius 1 is 1.34 bits per heavy atom. The largest absolute Gasteiger partial charge is 0.486 e. The van der Waals surface area contributed by atoms with Gasteiger partial charge in [-0.1, -0.05) is 29.8 Å². The SMILES string of the molecule is Cc1ccccc1-n1ncc(C(=O)Nc2ccc(Cl)cc2O[C@@H]2CCOC2)c1N. The molecule has 1 amide bonds. The number of rotatable bonds is 5. The van der Waals surface area contributed by atoms with Crippen molar-refractivity contribution in [2.45, 2.75) is 19.4 Å². The zero-order chi connectivity index (χ0) is 20.4. The number of hydrogen-bond donors (Lipinski definition) is 2. The minimum Gasteiger partial charge on any atom is -0.486 e. The van der Waals surface area contributed by atoms with E-state index in [1.807, 2.05) is 31.2 Å². The van der Waals surface area contributed by atoms with E-state index in [0.29, 0.717) is 29.7 Å². The number of anilines is 2. The lowest BCUT2D eigenvalue weighted by Crippen LogP contribution is -2.19. The molecule has 7 nitrogen and oxygen atoms in total. The second-order valence-electron chi connectivity index (χ2n) is 6.84. The van der Waals surface area contributed by atoms with Crippen molar-refractivity contribution in [2.75, 3.05) is 24.3 Å². The van der Waals surface area contributed by atoms with Crippen molar-refractivity contribution in [1.82, 2.24) is 9.78 Å². The van der Waals surface area contributed by atoms with Gasteiger partial charge in [-0.25, -0.2) is 4.68 Å². The monoisotopic (exact) mass is 412 g/mol. The van der Waals surface area contributed by atoms with Gasteiger partial charge in [-0.15, -0.1) is 0 Å². The summed E-state index contributed by atoms with van der Waals surface area (Å²) in [7, 11) is 0. The molecule has 0 saturated carbocycles. The number of nitrogens with one attached hydrogen (secondary N) is 1. The van der Waals surface area contributed by atoms with Crippen LogP contribution in [0.2, 0.25) is 5.02 Å². The molecule has 150 valence electrons. The summed E-state index contributed by atoms with van der Waals surface area (Å²) >= 11 is 6.11. The van der Waals surface area contributed by atoms with E-state index in [-0.39, 0.29) is 23.4 Å². The van der Waals surface area contributed by atoms with Crippen molar-refractivity contribution in [3.63, 3.8) is 0 Å². The Hall–Kier alpha value is -3.03. The summed E-state index contributed by atoms with van der Waals surface area (Å²) in [6.45, 7) is 3.12. The van der Waals surface area contributed by atoms with Crippen LogP contribution in [0.3, 0.4) is 0 Å². The van der Waals surface area contributed by atoms with Gasteiger partial charge in [-0.05, 0) is 30.7 Å². The van der Waals surface area contributed by atoms with Crippen LogP contribution in [0.15, 0.2) is 48.7 Å². The topological polar surface area (TPSA) is 91.4 Å². The standard InChI is InChI=1S/C21H21ClN4O3/c1-13-4-2-3-5-18(13)26-20(23)16(11-24-26)21(27)25-17-7-6-14(22)10-19(17)29-15-8-9-28-12-15/h2-7,10-11,15H,8-9,12,23H2,1H3,(H,25,27)/t15-/m1/s1. The third-order valence-corrected chi connectivity index (χ3v) is 5.00. The maximum Gasteiger partial charge on any atom is 0.261 e. The first-order valence-corrected chi connectivity index (χ1v) is 9.65. The van der Waals surface area contributed by atoms with E-state index in [0.717, 1.165) is 17.7 Å². The van der Waals surface area contributed by atoms with Gasteiger partial charge in [0.1, 0.15) is 23.2 Å². The Labute approximate surface area is 173 Å². The summed E-state index contributed by atoms with van der Waals surface area (Å²) in [4.78, 5) is 12.9. The number of carbonyl (C=O) groups is 1. The van der Waals surface area contributed by atoms with Crippen molar-refractivity contribution in [3.05, 3.63) is 64.8 Å². The van der Waals surface area contributed by atoms with Gasteiger partial charge in [0.25, 0.3) is 5.91 Å². The van der Waals surface area contributed by atoms with Gasteiger partial charge >= 0.3 is 0 Å². The van der Waals surface area contributed by atoms with Gasteiger partial charge in [-0.2, -0.15) is 5.10 Å². The van der Waals surface area contributed by atoms with Crippen molar-refractivity contribution < 1.29 is 14.3 Å². The molecule has 1 fully saturated rings. The lowest BCUT2D eigenvalue weighted by Gasteiger charge is -2.16. The highest BCUT2D eigenvalue weighted by molar-refractivity contribution is 6.30. The zero-order valence-electron chi connectivity index (χ0n) is 15.9. The summed E-state index contributed by atoms with van der Waals surface area (Å²) in [6.07, 6.45) is 2.17. The molecular formula is C21H21ClN4O3. The van der Waals surface area contributed by atoms with E-state index < -0.39 is 0 Å². The number of amides is 1. The predicted octanol–water partition coefficient (Wildman–Crippen LogP) is 3.84. The van der Waals surface area contributed by atoms with Crippen LogP contribution in [0.5, 0.6) is 5.75 Å². The van der Waals surface area contributed by atoms with Crippen LogP contribution < -0.4 is 15.8 Å². The first-order valence-electron chi connectivity index (χ1n) is 9.27. The molecule has 0 spiro atoms. The van der Waals surface area contributed by atoms with Crippen LogP contribution in [0.25, 0.3) is 5.69 Å². The number of halogens is 1. The van der Waals surface area contributed by atoms with Gasteiger partial charge in [0.15, 0.2) is 0 Å². The van der Waals surface area contributed by atoms with Gasteiger partial charge in [0.2, 0.25) is 0 Å². The number of nitrogens with two attached hydrogens (primary N) is 1. The average Bonchev–Trinajstić information content (AvgIpc) is 3.34. The number of aromatic nitrogens is 2. The van der Waals surface area contributed by atoms with E-state index in [4.69, 9.17) is 26.8 Å². The minimum absolute atomic E-state index is 0.0713. The molecule has 0 radical (unpaired) electrons. The number of hydrogen-bond acceptors (Lipinski definition) is 5.